The second-order valence-corrected chi connectivity index (χ2v) is 8.40. The Morgan fingerprint density at radius 1 is 1.26 bits per heavy atom. The number of halogens is 2. The largest absolute Gasteiger partial charge is 0.393 e. The second kappa shape index (κ2) is 8.78. The van der Waals surface area contributed by atoms with Crippen LogP contribution < -0.4 is 5.32 Å². The fraction of sp³-hybridized carbons (Fsp3) is 0.318. The molecule has 1 saturated heterocycles. The van der Waals surface area contributed by atoms with Crippen molar-refractivity contribution in [2.24, 2.45) is 5.92 Å². The van der Waals surface area contributed by atoms with Gasteiger partial charge in [0, 0.05) is 29.5 Å². The maximum Gasteiger partial charge on any atom is 0.275 e. The van der Waals surface area contributed by atoms with Gasteiger partial charge in [0.2, 0.25) is 0 Å². The summed E-state index contributed by atoms with van der Waals surface area (Å²) in [6.07, 6.45) is 2.40. The first-order valence-corrected chi connectivity index (χ1v) is 10.7. The van der Waals surface area contributed by atoms with E-state index in [1.807, 2.05) is 13.8 Å². The SMILES string of the molecule is C[C@H]1[C@H](O)C[C@H](c2ccncc2NC(=O)c2csc(-c3c(F)cccc3F)n2)O[C@@H]1C. The molecule has 162 valence electrons. The zero-order valence-corrected chi connectivity index (χ0v) is 17.7. The standard InChI is InChI=1S/C22H21F2N3O3S/c1-11-12(2)30-19(8-18(11)28)13-6-7-25-9-16(13)26-21(29)17-10-31-22(27-17)20-14(23)4-3-5-15(20)24/h3-7,9-12,18-19,28H,8H2,1-2H3,(H,26,29)/t11-,12-,18-,19-/m1/s1. The van der Waals surface area contributed by atoms with Crippen LogP contribution in [0.1, 0.15) is 42.4 Å². The van der Waals surface area contributed by atoms with Crippen LogP contribution in [0.2, 0.25) is 0 Å². The first-order valence-electron chi connectivity index (χ1n) is 9.84. The average Bonchev–Trinajstić information content (AvgIpc) is 3.22. The molecule has 0 spiro atoms. The van der Waals surface area contributed by atoms with Crippen molar-refractivity contribution in [3.8, 4) is 10.6 Å². The molecule has 6 nitrogen and oxygen atoms in total. The number of hydrogen-bond donors (Lipinski definition) is 2. The third-order valence-corrected chi connectivity index (χ3v) is 6.40. The maximum atomic E-state index is 14.0. The Morgan fingerprint density at radius 2 is 2.00 bits per heavy atom. The zero-order chi connectivity index (χ0) is 22.1. The molecule has 2 aromatic heterocycles. The molecule has 0 aliphatic carbocycles. The number of aliphatic hydroxyl groups excluding tert-OH is 1. The van der Waals surface area contributed by atoms with Crippen LogP contribution in [0.4, 0.5) is 14.5 Å². The summed E-state index contributed by atoms with van der Waals surface area (Å²) in [5, 5.41) is 14.6. The Labute approximate surface area is 181 Å². The summed E-state index contributed by atoms with van der Waals surface area (Å²) in [5.74, 6) is -2.02. The lowest BCUT2D eigenvalue weighted by molar-refractivity contribution is -0.124. The van der Waals surface area contributed by atoms with Crippen LogP contribution in [0, 0.1) is 17.6 Å². The summed E-state index contributed by atoms with van der Waals surface area (Å²) < 4.78 is 34.1. The van der Waals surface area contributed by atoms with Gasteiger partial charge in [-0.05, 0) is 25.1 Å². The number of ether oxygens (including phenoxy) is 1. The summed E-state index contributed by atoms with van der Waals surface area (Å²) in [6.45, 7) is 3.83. The minimum Gasteiger partial charge on any atom is -0.393 e. The molecule has 0 radical (unpaired) electrons. The van der Waals surface area contributed by atoms with Crippen LogP contribution in [-0.4, -0.2) is 33.2 Å². The second-order valence-electron chi connectivity index (χ2n) is 7.54. The Hall–Kier alpha value is -2.75. The molecule has 1 aliphatic rings. The lowest BCUT2D eigenvalue weighted by Gasteiger charge is -2.37. The molecule has 4 rings (SSSR count). The molecule has 31 heavy (non-hydrogen) atoms. The summed E-state index contributed by atoms with van der Waals surface area (Å²) >= 11 is 0.978. The maximum absolute atomic E-state index is 14.0. The molecule has 1 aliphatic heterocycles. The van der Waals surface area contributed by atoms with Gasteiger partial charge in [0.1, 0.15) is 22.3 Å². The molecule has 0 saturated carbocycles. The van der Waals surface area contributed by atoms with Crippen LogP contribution in [-0.2, 0) is 4.74 Å². The number of anilines is 1. The number of aliphatic hydroxyl groups is 1. The lowest BCUT2D eigenvalue weighted by atomic mass is 9.88. The minimum absolute atomic E-state index is 0.00309. The Balaban J connectivity index is 1.56. The highest BCUT2D eigenvalue weighted by atomic mass is 32.1. The van der Waals surface area contributed by atoms with Gasteiger partial charge in [-0.2, -0.15) is 0 Å². The predicted molar refractivity (Wildman–Crippen MR) is 113 cm³/mol. The zero-order valence-electron chi connectivity index (χ0n) is 16.9. The molecular formula is C22H21F2N3O3S. The number of benzene rings is 1. The van der Waals surface area contributed by atoms with Crippen molar-refractivity contribution in [3.63, 3.8) is 0 Å². The molecule has 0 bridgehead atoms. The van der Waals surface area contributed by atoms with Crippen LogP contribution >= 0.6 is 11.3 Å². The van der Waals surface area contributed by atoms with Gasteiger partial charge in [-0.25, -0.2) is 13.8 Å². The van der Waals surface area contributed by atoms with Crippen molar-refractivity contribution in [2.45, 2.75) is 38.6 Å². The molecule has 3 aromatic rings. The predicted octanol–water partition coefficient (Wildman–Crippen LogP) is 4.58. The summed E-state index contributed by atoms with van der Waals surface area (Å²) in [4.78, 5) is 20.9. The number of thiazole rings is 1. The van der Waals surface area contributed by atoms with Gasteiger partial charge in [-0.3, -0.25) is 9.78 Å². The Morgan fingerprint density at radius 3 is 2.71 bits per heavy atom. The third kappa shape index (κ3) is 4.34. The van der Waals surface area contributed by atoms with Gasteiger partial charge in [-0.15, -0.1) is 11.3 Å². The molecule has 1 fully saturated rings. The van der Waals surface area contributed by atoms with Crippen LogP contribution in [0.3, 0.4) is 0 Å². The van der Waals surface area contributed by atoms with Crippen molar-refractivity contribution < 1.29 is 23.4 Å². The number of nitrogens with zero attached hydrogens (tertiary/aromatic N) is 2. The van der Waals surface area contributed by atoms with Gasteiger partial charge < -0.3 is 15.2 Å². The fourth-order valence-electron chi connectivity index (χ4n) is 3.56. The third-order valence-electron chi connectivity index (χ3n) is 5.55. The Kier molecular flexibility index (Phi) is 6.08. The van der Waals surface area contributed by atoms with E-state index in [2.05, 4.69) is 15.3 Å². The van der Waals surface area contributed by atoms with Crippen molar-refractivity contribution in [1.29, 1.82) is 0 Å². The van der Waals surface area contributed by atoms with Gasteiger partial charge in [0.25, 0.3) is 5.91 Å². The van der Waals surface area contributed by atoms with E-state index in [1.165, 1.54) is 17.6 Å². The Bertz CT molecular complexity index is 1070. The highest BCUT2D eigenvalue weighted by molar-refractivity contribution is 7.13. The average molecular weight is 445 g/mol. The lowest BCUT2D eigenvalue weighted by Crippen LogP contribution is -2.38. The molecule has 1 aromatic carbocycles. The normalized spacial score (nSPS) is 23.5. The van der Waals surface area contributed by atoms with E-state index in [-0.39, 0.29) is 28.3 Å². The highest BCUT2D eigenvalue weighted by Gasteiger charge is 2.34. The quantitative estimate of drug-likeness (QED) is 0.614. The molecule has 4 atom stereocenters. The van der Waals surface area contributed by atoms with E-state index >= 15 is 0 Å². The van der Waals surface area contributed by atoms with Crippen molar-refractivity contribution >= 4 is 22.9 Å². The summed E-state index contributed by atoms with van der Waals surface area (Å²) in [5.41, 5.74) is 0.889. The highest BCUT2D eigenvalue weighted by Crippen LogP contribution is 2.37. The molecule has 2 N–H and O–H groups in total. The molecular weight excluding hydrogens is 424 g/mol. The van der Waals surface area contributed by atoms with Gasteiger partial charge in [-0.1, -0.05) is 13.0 Å². The van der Waals surface area contributed by atoms with E-state index in [1.54, 1.807) is 12.3 Å². The number of hydrogen-bond acceptors (Lipinski definition) is 6. The monoisotopic (exact) mass is 445 g/mol. The van der Waals surface area contributed by atoms with E-state index < -0.39 is 29.7 Å². The number of amides is 1. The van der Waals surface area contributed by atoms with Crippen molar-refractivity contribution in [3.05, 3.63) is 64.9 Å². The first kappa shape index (κ1) is 21.5. The summed E-state index contributed by atoms with van der Waals surface area (Å²) in [7, 11) is 0. The van der Waals surface area contributed by atoms with E-state index in [0.717, 1.165) is 23.5 Å². The molecule has 1 amide bonds. The van der Waals surface area contributed by atoms with Crippen molar-refractivity contribution in [2.75, 3.05) is 5.32 Å². The summed E-state index contributed by atoms with van der Waals surface area (Å²) in [6, 6.07) is 5.28. The van der Waals surface area contributed by atoms with Crippen LogP contribution in [0.15, 0.2) is 42.0 Å². The number of carbonyl (C=O) groups excluding carboxylic acids is 1. The van der Waals surface area contributed by atoms with Gasteiger partial charge in [0.05, 0.1) is 35.8 Å². The number of carbonyl (C=O) groups is 1. The molecule has 9 heteroatoms. The number of nitrogens with one attached hydrogen (secondary N) is 1. The van der Waals surface area contributed by atoms with Crippen molar-refractivity contribution in [1.82, 2.24) is 9.97 Å². The van der Waals surface area contributed by atoms with Gasteiger partial charge >= 0.3 is 0 Å². The van der Waals surface area contributed by atoms with E-state index in [4.69, 9.17) is 4.74 Å². The fourth-order valence-corrected chi connectivity index (χ4v) is 4.40. The first-order chi connectivity index (χ1) is 14.8. The van der Waals surface area contributed by atoms with Crippen LogP contribution in [0.5, 0.6) is 0 Å². The van der Waals surface area contributed by atoms with Crippen LogP contribution in [0.25, 0.3) is 10.6 Å². The molecule has 3 heterocycles. The number of pyridine rings is 1. The number of rotatable bonds is 4. The smallest absolute Gasteiger partial charge is 0.275 e. The van der Waals surface area contributed by atoms with E-state index in [9.17, 15) is 18.7 Å². The minimum atomic E-state index is -0.743. The van der Waals surface area contributed by atoms with Gasteiger partial charge in [0.15, 0.2) is 0 Å². The molecule has 0 unspecified atom stereocenters. The number of aromatic nitrogens is 2. The topological polar surface area (TPSA) is 84.3 Å². The van der Waals surface area contributed by atoms with E-state index in [0.29, 0.717) is 17.7 Å².